The number of benzene rings is 1. The average molecular weight is 412 g/mol. The van der Waals surface area contributed by atoms with Gasteiger partial charge >= 0.3 is 11.4 Å². The summed E-state index contributed by atoms with van der Waals surface area (Å²) in [5, 5.41) is 10.1. The van der Waals surface area contributed by atoms with Gasteiger partial charge in [-0.1, -0.05) is 23.4 Å². The molecule has 4 rings (SSSR count). The molecule has 0 bridgehead atoms. The van der Waals surface area contributed by atoms with Gasteiger partial charge < -0.3 is 9.26 Å². The molecule has 10 heteroatoms. The zero-order valence-corrected chi connectivity index (χ0v) is 17.2. The minimum atomic E-state index is -0.437. The van der Waals surface area contributed by atoms with Crippen LogP contribution < -0.4 is 16.1 Å². The number of para-hydroxylation sites is 1. The summed E-state index contributed by atoms with van der Waals surface area (Å²) in [6.45, 7) is 5.20. The van der Waals surface area contributed by atoms with Gasteiger partial charge in [-0.2, -0.15) is 5.10 Å². The van der Waals surface area contributed by atoms with Crippen LogP contribution in [-0.4, -0.2) is 43.5 Å². The molecule has 10 nitrogen and oxygen atoms in total. The molecular formula is C20H24N6O4. The van der Waals surface area contributed by atoms with Crippen molar-refractivity contribution in [3.63, 3.8) is 0 Å². The number of rotatable bonds is 7. The highest BCUT2D eigenvalue weighted by Gasteiger charge is 2.27. The Hall–Kier alpha value is -3.56. The third-order valence-corrected chi connectivity index (χ3v) is 5.24. The van der Waals surface area contributed by atoms with Crippen molar-refractivity contribution in [2.45, 2.75) is 33.0 Å². The summed E-state index contributed by atoms with van der Waals surface area (Å²) in [5.74, 6) is 1.46. The normalized spacial score (nSPS) is 15.8. The van der Waals surface area contributed by atoms with Gasteiger partial charge in [-0.15, -0.1) is 0 Å². The molecule has 0 N–H and O–H groups in total. The smallest absolute Gasteiger partial charge is 0.347 e. The molecule has 3 heterocycles. The molecule has 0 spiro atoms. The first-order valence-corrected chi connectivity index (χ1v) is 9.72. The maximum absolute atomic E-state index is 12.9. The van der Waals surface area contributed by atoms with Crippen molar-refractivity contribution >= 4 is 6.21 Å². The summed E-state index contributed by atoms with van der Waals surface area (Å²) in [6.07, 6.45) is 1.63. The van der Waals surface area contributed by atoms with Gasteiger partial charge in [-0.05, 0) is 26.0 Å². The zero-order chi connectivity index (χ0) is 21.3. The van der Waals surface area contributed by atoms with Crippen LogP contribution in [0.4, 0.5) is 0 Å². The maximum Gasteiger partial charge on any atom is 0.347 e. The van der Waals surface area contributed by atoms with Gasteiger partial charge in [0.25, 0.3) is 0 Å². The van der Waals surface area contributed by atoms with Crippen LogP contribution in [0.15, 0.2) is 49.5 Å². The largest absolute Gasteiger partial charge is 0.492 e. The number of hydrogen-bond donors (Lipinski definition) is 0. The Bertz CT molecular complexity index is 1150. The van der Waals surface area contributed by atoms with Gasteiger partial charge in [0, 0.05) is 18.8 Å². The van der Waals surface area contributed by atoms with E-state index in [1.54, 1.807) is 18.3 Å². The Kier molecular flexibility index (Phi) is 5.30. The SMILES string of the molecule is Cc1noc(C)c1CN1CC(n2c(=O)n(C)n(CCOc3ccccc3)c2=O)C=N1. The molecule has 2 aromatic heterocycles. The van der Waals surface area contributed by atoms with Crippen molar-refractivity contribution in [1.82, 2.24) is 24.1 Å². The summed E-state index contributed by atoms with van der Waals surface area (Å²) in [4.78, 5) is 25.6. The van der Waals surface area contributed by atoms with Gasteiger partial charge in [0.05, 0.1) is 31.4 Å². The standard InChI is InChI=1S/C20H24N6O4/c1-14-18(15(2)30-22-14)13-24-12-16(11-21-24)26-19(27)23(3)25(20(26)28)9-10-29-17-7-5-4-6-8-17/h4-8,11,16H,9-10,12-13H2,1-3H3. The highest BCUT2D eigenvalue weighted by molar-refractivity contribution is 5.64. The van der Waals surface area contributed by atoms with Crippen LogP contribution in [0, 0.1) is 13.8 Å². The van der Waals surface area contributed by atoms with Crippen molar-refractivity contribution in [2.75, 3.05) is 13.2 Å². The molecule has 0 fully saturated rings. The number of aromatic nitrogens is 4. The molecule has 0 radical (unpaired) electrons. The Morgan fingerprint density at radius 2 is 1.93 bits per heavy atom. The van der Waals surface area contributed by atoms with Crippen LogP contribution in [0.2, 0.25) is 0 Å². The minimum absolute atomic E-state index is 0.263. The van der Waals surface area contributed by atoms with Crippen LogP contribution in [0.25, 0.3) is 0 Å². The fourth-order valence-electron chi connectivity index (χ4n) is 3.53. The lowest BCUT2D eigenvalue weighted by atomic mass is 10.2. The molecule has 1 aliphatic heterocycles. The third-order valence-electron chi connectivity index (χ3n) is 5.24. The van der Waals surface area contributed by atoms with Crippen LogP contribution in [0.5, 0.6) is 5.75 Å². The van der Waals surface area contributed by atoms with Crippen LogP contribution >= 0.6 is 0 Å². The Balaban J connectivity index is 1.46. The Morgan fingerprint density at radius 3 is 2.63 bits per heavy atom. The minimum Gasteiger partial charge on any atom is -0.492 e. The highest BCUT2D eigenvalue weighted by Crippen LogP contribution is 2.19. The maximum atomic E-state index is 12.9. The second kappa shape index (κ2) is 8.05. The first kappa shape index (κ1) is 19.7. The Morgan fingerprint density at radius 1 is 1.17 bits per heavy atom. The lowest BCUT2D eigenvalue weighted by Gasteiger charge is -2.15. The quantitative estimate of drug-likeness (QED) is 0.576. The topological polar surface area (TPSA) is 99.8 Å². The predicted molar refractivity (Wildman–Crippen MR) is 110 cm³/mol. The number of hydrogen-bond acceptors (Lipinski definition) is 7. The second-order valence-corrected chi connectivity index (χ2v) is 7.23. The molecule has 0 aliphatic carbocycles. The summed E-state index contributed by atoms with van der Waals surface area (Å²) in [6, 6.07) is 8.90. The summed E-state index contributed by atoms with van der Waals surface area (Å²) in [5.41, 5.74) is 1.01. The number of nitrogens with zero attached hydrogens (tertiary/aromatic N) is 6. The van der Waals surface area contributed by atoms with Gasteiger partial charge in [-0.3, -0.25) is 5.01 Å². The van der Waals surface area contributed by atoms with E-state index >= 15 is 0 Å². The molecule has 0 amide bonds. The van der Waals surface area contributed by atoms with E-state index in [2.05, 4.69) is 10.3 Å². The number of aryl methyl sites for hydroxylation is 2. The average Bonchev–Trinajstić information content (AvgIpc) is 3.38. The van der Waals surface area contributed by atoms with Crippen molar-refractivity contribution in [1.29, 1.82) is 0 Å². The third kappa shape index (κ3) is 3.68. The monoisotopic (exact) mass is 412 g/mol. The van der Waals surface area contributed by atoms with E-state index in [1.165, 1.54) is 13.9 Å². The van der Waals surface area contributed by atoms with Crippen molar-refractivity contribution in [2.24, 2.45) is 12.1 Å². The highest BCUT2D eigenvalue weighted by atomic mass is 16.5. The molecule has 158 valence electrons. The van der Waals surface area contributed by atoms with Gasteiger partial charge in [0.15, 0.2) is 0 Å². The van der Waals surface area contributed by atoms with Gasteiger partial charge in [0.1, 0.15) is 18.1 Å². The summed E-state index contributed by atoms with van der Waals surface area (Å²) < 4.78 is 14.8. The van der Waals surface area contributed by atoms with Crippen molar-refractivity contribution in [3.05, 3.63) is 68.3 Å². The summed E-state index contributed by atoms with van der Waals surface area (Å²) in [7, 11) is 1.58. The van der Waals surface area contributed by atoms with E-state index in [0.29, 0.717) is 18.8 Å². The van der Waals surface area contributed by atoms with Gasteiger partial charge in [-0.25, -0.2) is 23.5 Å². The van der Waals surface area contributed by atoms with E-state index in [-0.39, 0.29) is 24.5 Å². The zero-order valence-electron chi connectivity index (χ0n) is 17.2. The lowest BCUT2D eigenvalue weighted by molar-refractivity contribution is 0.275. The van der Waals surface area contributed by atoms with Gasteiger partial charge in [0.2, 0.25) is 0 Å². The summed E-state index contributed by atoms with van der Waals surface area (Å²) >= 11 is 0. The molecular weight excluding hydrogens is 388 g/mol. The molecule has 1 aliphatic rings. The first-order valence-electron chi connectivity index (χ1n) is 9.72. The predicted octanol–water partition coefficient (Wildman–Crippen LogP) is 1.08. The van der Waals surface area contributed by atoms with Crippen molar-refractivity contribution in [3.8, 4) is 5.75 Å². The number of hydrazone groups is 1. The van der Waals surface area contributed by atoms with E-state index in [4.69, 9.17) is 9.26 Å². The van der Waals surface area contributed by atoms with E-state index in [1.807, 2.05) is 44.2 Å². The molecule has 0 saturated heterocycles. The fraction of sp³-hybridized carbons (Fsp3) is 0.400. The lowest BCUT2D eigenvalue weighted by Crippen LogP contribution is -2.36. The molecule has 1 unspecified atom stereocenters. The van der Waals surface area contributed by atoms with Crippen LogP contribution in [-0.2, 0) is 20.1 Å². The Labute approximate surface area is 172 Å². The van der Waals surface area contributed by atoms with Crippen LogP contribution in [0.3, 0.4) is 0 Å². The van der Waals surface area contributed by atoms with Crippen molar-refractivity contribution < 1.29 is 9.26 Å². The first-order chi connectivity index (χ1) is 14.5. The van der Waals surface area contributed by atoms with E-state index in [9.17, 15) is 9.59 Å². The number of ether oxygens (including phenoxy) is 1. The molecule has 0 saturated carbocycles. The molecule has 1 aromatic carbocycles. The van der Waals surface area contributed by atoms with E-state index < -0.39 is 6.04 Å². The van der Waals surface area contributed by atoms with E-state index in [0.717, 1.165) is 17.0 Å². The molecule has 30 heavy (non-hydrogen) atoms. The fourth-order valence-corrected chi connectivity index (χ4v) is 3.53. The van der Waals surface area contributed by atoms with Crippen LogP contribution in [0.1, 0.15) is 23.1 Å². The second-order valence-electron chi connectivity index (χ2n) is 7.23. The molecule has 1 atom stereocenters. The molecule has 3 aromatic rings.